The van der Waals surface area contributed by atoms with E-state index in [-0.39, 0.29) is 12.0 Å². The van der Waals surface area contributed by atoms with Gasteiger partial charge in [-0.15, -0.1) is 0 Å². The Morgan fingerprint density at radius 3 is 2.71 bits per heavy atom. The Kier molecular flexibility index (Phi) is 4.64. The fourth-order valence-electron chi connectivity index (χ4n) is 4.91. The Balaban J connectivity index is 1.98. The summed E-state index contributed by atoms with van der Waals surface area (Å²) >= 11 is 0. The van der Waals surface area contributed by atoms with Crippen LogP contribution in [0.25, 0.3) is 27.8 Å². The Hall–Kier alpha value is -3.43. The molecule has 1 saturated heterocycles. The molecule has 1 atom stereocenters. The second-order valence-corrected chi connectivity index (χ2v) is 8.36. The minimum absolute atomic E-state index is 0.212. The number of anilines is 1. The summed E-state index contributed by atoms with van der Waals surface area (Å²) in [5, 5.41) is 10.1. The van der Waals surface area contributed by atoms with Gasteiger partial charge in [0.1, 0.15) is 17.7 Å². The van der Waals surface area contributed by atoms with Gasteiger partial charge < -0.3 is 4.90 Å². The van der Waals surface area contributed by atoms with E-state index >= 15 is 0 Å². The molecule has 4 aromatic rings. The molecule has 0 N–H and O–H groups in total. The molecule has 2 aromatic heterocycles. The normalized spacial score (nSPS) is 16.5. The van der Waals surface area contributed by atoms with Crippen molar-refractivity contribution in [3.8, 4) is 17.2 Å². The quantitative estimate of drug-likeness (QED) is 0.476. The number of hydrogen-bond acceptors (Lipinski definition) is 4. The van der Waals surface area contributed by atoms with Gasteiger partial charge in [-0.25, -0.2) is 9.37 Å². The summed E-state index contributed by atoms with van der Waals surface area (Å²) in [4.78, 5) is 9.43. The van der Waals surface area contributed by atoms with Gasteiger partial charge in [0.2, 0.25) is 0 Å². The summed E-state index contributed by atoms with van der Waals surface area (Å²) in [5.41, 5.74) is 5.46. The monoisotopic (exact) mass is 413 g/mol. The molecule has 0 spiro atoms. The molecule has 1 aliphatic heterocycles. The van der Waals surface area contributed by atoms with E-state index in [4.69, 9.17) is 4.98 Å². The predicted octanol–water partition coefficient (Wildman–Crippen LogP) is 4.96. The highest BCUT2D eigenvalue weighted by atomic mass is 19.1. The molecule has 156 valence electrons. The van der Waals surface area contributed by atoms with Gasteiger partial charge >= 0.3 is 0 Å². The number of aromatic nitrogens is 2. The molecular weight excluding hydrogens is 389 g/mol. The molecule has 1 unspecified atom stereocenters. The smallest absolute Gasteiger partial charge is 0.157 e. The maximum atomic E-state index is 14.3. The number of pyridine rings is 1. The lowest BCUT2D eigenvalue weighted by molar-refractivity contribution is 0.300. The van der Waals surface area contributed by atoms with E-state index in [1.165, 1.54) is 6.07 Å². The fourth-order valence-corrected chi connectivity index (χ4v) is 4.91. The standard InChI is InChI=1S/C25H24FN5/c1-16-19(15-27)24-28-20-10-4-5-11-21(20)31(24)25(30-13-7-12-22(30)29(2)3)23(16)17-8-6-9-18(26)14-17/h4-6,8-11,14,22H,7,12-13H2,1-3H3. The predicted molar refractivity (Wildman–Crippen MR) is 122 cm³/mol. The number of para-hydroxylation sites is 2. The van der Waals surface area contributed by atoms with Crippen molar-refractivity contribution in [3.63, 3.8) is 0 Å². The molecule has 1 aliphatic rings. The number of halogens is 1. The van der Waals surface area contributed by atoms with E-state index in [9.17, 15) is 9.65 Å². The zero-order chi connectivity index (χ0) is 21.7. The van der Waals surface area contributed by atoms with Crippen LogP contribution >= 0.6 is 0 Å². The average molecular weight is 414 g/mol. The highest BCUT2D eigenvalue weighted by molar-refractivity contribution is 5.92. The minimum atomic E-state index is -0.289. The van der Waals surface area contributed by atoms with E-state index in [0.29, 0.717) is 11.2 Å². The van der Waals surface area contributed by atoms with Crippen LogP contribution < -0.4 is 4.90 Å². The third-order valence-corrected chi connectivity index (χ3v) is 6.28. The molecule has 5 rings (SSSR count). The Morgan fingerprint density at radius 2 is 1.97 bits per heavy atom. The minimum Gasteiger partial charge on any atom is -0.341 e. The van der Waals surface area contributed by atoms with E-state index < -0.39 is 0 Å². The number of imidazole rings is 1. The van der Waals surface area contributed by atoms with Crippen LogP contribution in [0.2, 0.25) is 0 Å². The summed E-state index contributed by atoms with van der Waals surface area (Å²) in [6, 6.07) is 17.0. The molecule has 0 saturated carbocycles. The van der Waals surface area contributed by atoms with Gasteiger partial charge in [0.25, 0.3) is 0 Å². The number of benzene rings is 2. The number of rotatable bonds is 3. The molecule has 0 aliphatic carbocycles. The third kappa shape index (κ3) is 2.96. The van der Waals surface area contributed by atoms with E-state index in [2.05, 4.69) is 34.4 Å². The summed E-state index contributed by atoms with van der Waals surface area (Å²) in [7, 11) is 4.18. The van der Waals surface area contributed by atoms with Crippen LogP contribution in [0.4, 0.5) is 10.2 Å². The zero-order valence-corrected chi connectivity index (χ0v) is 17.9. The maximum absolute atomic E-state index is 14.3. The van der Waals surface area contributed by atoms with Gasteiger partial charge in [-0.1, -0.05) is 24.3 Å². The molecule has 6 heteroatoms. The molecule has 0 amide bonds. The topological polar surface area (TPSA) is 47.6 Å². The highest BCUT2D eigenvalue weighted by Gasteiger charge is 2.33. The lowest BCUT2D eigenvalue weighted by atomic mass is 9.97. The summed E-state index contributed by atoms with van der Waals surface area (Å²) < 4.78 is 16.4. The molecule has 3 heterocycles. The van der Waals surface area contributed by atoms with Crippen molar-refractivity contribution in [2.45, 2.75) is 25.9 Å². The maximum Gasteiger partial charge on any atom is 0.157 e. The van der Waals surface area contributed by atoms with Gasteiger partial charge in [-0.05, 0) is 69.3 Å². The van der Waals surface area contributed by atoms with Crippen molar-refractivity contribution in [3.05, 3.63) is 65.5 Å². The zero-order valence-electron chi connectivity index (χ0n) is 17.9. The van der Waals surface area contributed by atoms with Crippen molar-refractivity contribution in [2.24, 2.45) is 0 Å². The SMILES string of the molecule is Cc1c(-c2cccc(F)c2)c(N2CCCC2N(C)C)n2c(nc3ccccc32)c1C#N. The van der Waals surface area contributed by atoms with Crippen LogP contribution in [0.15, 0.2) is 48.5 Å². The third-order valence-electron chi connectivity index (χ3n) is 6.28. The Morgan fingerprint density at radius 1 is 1.16 bits per heavy atom. The molecule has 1 fully saturated rings. The molecular formula is C25H24FN5. The first-order valence-corrected chi connectivity index (χ1v) is 10.5. The van der Waals surface area contributed by atoms with Crippen LogP contribution in [0.5, 0.6) is 0 Å². The highest BCUT2D eigenvalue weighted by Crippen LogP contribution is 2.42. The van der Waals surface area contributed by atoms with Gasteiger partial charge in [0.15, 0.2) is 5.65 Å². The largest absolute Gasteiger partial charge is 0.341 e. The first kappa shape index (κ1) is 19.5. The van der Waals surface area contributed by atoms with Crippen LogP contribution in [-0.2, 0) is 0 Å². The van der Waals surface area contributed by atoms with Crippen molar-refractivity contribution in [2.75, 3.05) is 25.5 Å². The second-order valence-electron chi connectivity index (χ2n) is 8.36. The van der Waals surface area contributed by atoms with E-state index in [1.807, 2.05) is 37.3 Å². The molecule has 31 heavy (non-hydrogen) atoms. The Labute approximate surface area is 180 Å². The molecule has 5 nitrogen and oxygen atoms in total. The van der Waals surface area contributed by atoms with Crippen molar-refractivity contribution >= 4 is 22.5 Å². The molecule has 0 bridgehead atoms. The Bertz CT molecular complexity index is 1350. The molecule has 0 radical (unpaired) electrons. The van der Waals surface area contributed by atoms with Gasteiger partial charge in [0, 0.05) is 12.1 Å². The van der Waals surface area contributed by atoms with Gasteiger partial charge in [-0.3, -0.25) is 9.30 Å². The summed E-state index contributed by atoms with van der Waals surface area (Å²) in [6.07, 6.45) is 2.32. The van der Waals surface area contributed by atoms with Crippen LogP contribution in [-0.4, -0.2) is 41.1 Å². The van der Waals surface area contributed by atoms with Crippen molar-refractivity contribution < 1.29 is 4.39 Å². The summed E-state index contributed by atoms with van der Waals surface area (Å²) in [5.74, 6) is 0.685. The number of hydrogen-bond donors (Lipinski definition) is 0. The van der Waals surface area contributed by atoms with Crippen LogP contribution in [0.1, 0.15) is 24.0 Å². The first-order valence-electron chi connectivity index (χ1n) is 10.5. The number of fused-ring (bicyclic) bond motifs is 3. The average Bonchev–Trinajstić information content (AvgIpc) is 3.38. The number of nitriles is 1. The van der Waals surface area contributed by atoms with Crippen molar-refractivity contribution in [1.29, 1.82) is 5.26 Å². The van der Waals surface area contributed by atoms with E-state index in [0.717, 1.165) is 52.9 Å². The van der Waals surface area contributed by atoms with Crippen LogP contribution in [0, 0.1) is 24.1 Å². The lowest BCUT2D eigenvalue weighted by Gasteiger charge is -2.34. The van der Waals surface area contributed by atoms with Gasteiger partial charge in [-0.2, -0.15) is 5.26 Å². The number of nitrogens with zero attached hydrogens (tertiary/aromatic N) is 5. The summed E-state index contributed by atoms with van der Waals surface area (Å²) in [6.45, 7) is 2.83. The van der Waals surface area contributed by atoms with E-state index in [1.54, 1.807) is 12.1 Å². The van der Waals surface area contributed by atoms with Crippen LogP contribution in [0.3, 0.4) is 0 Å². The fraction of sp³-hybridized carbons (Fsp3) is 0.280. The second kappa shape index (κ2) is 7.36. The molecule has 2 aromatic carbocycles. The first-order chi connectivity index (χ1) is 15.0. The lowest BCUT2D eigenvalue weighted by Crippen LogP contribution is -2.41. The van der Waals surface area contributed by atoms with Gasteiger partial charge in [0.05, 0.1) is 22.8 Å². The van der Waals surface area contributed by atoms with Crippen molar-refractivity contribution in [1.82, 2.24) is 14.3 Å².